The van der Waals surface area contributed by atoms with Gasteiger partial charge in [0.2, 0.25) is 0 Å². The van der Waals surface area contributed by atoms with E-state index >= 15 is 0 Å². The summed E-state index contributed by atoms with van der Waals surface area (Å²) in [6.07, 6.45) is 1.48. The van der Waals surface area contributed by atoms with E-state index in [4.69, 9.17) is 11.6 Å². The number of thiophene rings is 1. The molecular formula is C21H25ClN4O2S. The summed E-state index contributed by atoms with van der Waals surface area (Å²) in [5.74, 6) is -0.197. The highest BCUT2D eigenvalue weighted by molar-refractivity contribution is 7.20. The van der Waals surface area contributed by atoms with E-state index in [1.165, 1.54) is 22.2 Å². The summed E-state index contributed by atoms with van der Waals surface area (Å²) in [4.78, 5) is 33.0. The minimum absolute atomic E-state index is 0.0386. The second kappa shape index (κ2) is 9.07. The van der Waals surface area contributed by atoms with Crippen molar-refractivity contribution in [2.75, 3.05) is 19.6 Å². The monoisotopic (exact) mass is 432 g/mol. The largest absolute Gasteiger partial charge is 0.349 e. The van der Waals surface area contributed by atoms with Crippen LogP contribution in [0.5, 0.6) is 0 Å². The van der Waals surface area contributed by atoms with Gasteiger partial charge in [-0.2, -0.15) is 0 Å². The summed E-state index contributed by atoms with van der Waals surface area (Å²) < 4.78 is 1.43. The molecule has 0 fully saturated rings. The fourth-order valence-corrected chi connectivity index (χ4v) is 4.86. The van der Waals surface area contributed by atoms with Crippen LogP contribution in [0.3, 0.4) is 0 Å². The summed E-state index contributed by atoms with van der Waals surface area (Å²) in [6.45, 7) is 8.07. The molecule has 6 nitrogen and oxygen atoms in total. The molecule has 8 heteroatoms. The number of nitrogens with one attached hydrogen (secondary N) is 1. The van der Waals surface area contributed by atoms with E-state index in [2.05, 4.69) is 29.0 Å². The van der Waals surface area contributed by atoms with Crippen molar-refractivity contribution in [2.24, 2.45) is 7.05 Å². The lowest BCUT2D eigenvalue weighted by Gasteiger charge is -2.30. The minimum Gasteiger partial charge on any atom is -0.349 e. The molecule has 0 saturated heterocycles. The number of hydrogen-bond donors (Lipinski definition) is 1. The number of nitrogens with zero attached hydrogens (tertiary/aromatic N) is 3. The quantitative estimate of drug-likeness (QED) is 0.617. The lowest BCUT2D eigenvalue weighted by Crippen LogP contribution is -2.38. The van der Waals surface area contributed by atoms with Gasteiger partial charge in [-0.05, 0) is 37.2 Å². The second-order valence-electron chi connectivity index (χ2n) is 6.87. The van der Waals surface area contributed by atoms with Crippen molar-refractivity contribution < 1.29 is 4.79 Å². The van der Waals surface area contributed by atoms with Gasteiger partial charge in [-0.25, -0.2) is 4.98 Å². The van der Waals surface area contributed by atoms with Gasteiger partial charge in [0.25, 0.3) is 11.5 Å². The zero-order chi connectivity index (χ0) is 21.1. The summed E-state index contributed by atoms with van der Waals surface area (Å²) in [6, 6.07) is 7.68. The lowest BCUT2D eigenvalue weighted by atomic mass is 10.0. The van der Waals surface area contributed by atoms with E-state index < -0.39 is 0 Å². The molecule has 0 unspecified atom stereocenters. The molecule has 0 aliphatic heterocycles. The van der Waals surface area contributed by atoms with Crippen molar-refractivity contribution in [2.45, 2.75) is 26.8 Å². The van der Waals surface area contributed by atoms with Crippen LogP contribution < -0.4 is 10.9 Å². The number of rotatable bonds is 7. The Balaban J connectivity index is 1.88. The first-order chi connectivity index (χ1) is 13.9. The van der Waals surface area contributed by atoms with E-state index in [-0.39, 0.29) is 17.5 Å². The molecule has 0 bridgehead atoms. The maximum Gasteiger partial charge on any atom is 0.262 e. The van der Waals surface area contributed by atoms with Gasteiger partial charge < -0.3 is 9.88 Å². The van der Waals surface area contributed by atoms with E-state index in [1.807, 2.05) is 24.3 Å². The number of benzene rings is 1. The molecular weight excluding hydrogens is 408 g/mol. The Labute approximate surface area is 179 Å². The molecule has 0 spiro atoms. The average molecular weight is 433 g/mol. The van der Waals surface area contributed by atoms with Crippen LogP contribution in [0.4, 0.5) is 0 Å². The summed E-state index contributed by atoms with van der Waals surface area (Å²) >= 11 is 7.69. The Bertz CT molecular complexity index is 1090. The highest BCUT2D eigenvalue weighted by Gasteiger charge is 2.23. The maximum absolute atomic E-state index is 13.0. The predicted molar refractivity (Wildman–Crippen MR) is 119 cm³/mol. The van der Waals surface area contributed by atoms with E-state index in [1.54, 1.807) is 14.0 Å². The Morgan fingerprint density at radius 3 is 2.66 bits per heavy atom. The number of hydrogen-bond acceptors (Lipinski definition) is 5. The SMILES string of the molecule is CCN(CC)[C@H](CNC(=O)c1sc2ncn(C)c(=O)c2c1C)c1ccccc1Cl. The third kappa shape index (κ3) is 4.22. The molecule has 0 saturated carbocycles. The van der Waals surface area contributed by atoms with Crippen LogP contribution in [-0.4, -0.2) is 40.0 Å². The predicted octanol–water partition coefficient (Wildman–Crippen LogP) is 3.77. The van der Waals surface area contributed by atoms with Gasteiger partial charge in [0, 0.05) is 18.6 Å². The van der Waals surface area contributed by atoms with E-state index in [9.17, 15) is 9.59 Å². The molecule has 3 aromatic rings. The number of halogens is 1. The first-order valence-electron chi connectivity index (χ1n) is 9.60. The van der Waals surface area contributed by atoms with Crippen molar-refractivity contribution in [3.63, 3.8) is 0 Å². The van der Waals surface area contributed by atoms with Gasteiger partial charge >= 0.3 is 0 Å². The molecule has 0 aliphatic rings. The normalized spacial score (nSPS) is 12.5. The first-order valence-corrected chi connectivity index (χ1v) is 10.8. The maximum atomic E-state index is 13.0. The van der Waals surface area contributed by atoms with Crippen LogP contribution in [-0.2, 0) is 7.05 Å². The van der Waals surface area contributed by atoms with Gasteiger partial charge in [-0.3, -0.25) is 14.5 Å². The van der Waals surface area contributed by atoms with Crippen LogP contribution in [0.25, 0.3) is 10.2 Å². The zero-order valence-corrected chi connectivity index (χ0v) is 18.6. The van der Waals surface area contributed by atoms with Crippen LogP contribution in [0.15, 0.2) is 35.4 Å². The van der Waals surface area contributed by atoms with Crippen molar-refractivity contribution in [1.82, 2.24) is 19.8 Å². The van der Waals surface area contributed by atoms with Gasteiger partial charge in [0.15, 0.2) is 0 Å². The molecule has 3 rings (SSSR count). The molecule has 2 heterocycles. The van der Waals surface area contributed by atoms with Crippen molar-refractivity contribution >= 4 is 39.1 Å². The molecule has 1 atom stereocenters. The number of likely N-dealkylation sites (N-methyl/N-ethyl adjacent to an activating group) is 1. The highest BCUT2D eigenvalue weighted by atomic mass is 35.5. The van der Waals surface area contributed by atoms with Gasteiger partial charge in [-0.1, -0.05) is 43.6 Å². The lowest BCUT2D eigenvalue weighted by molar-refractivity contribution is 0.0938. The standard InChI is InChI=1S/C21H25ClN4O2S/c1-5-26(6-2)16(14-9-7-8-10-15(14)22)11-23-19(27)18-13(3)17-20(29-18)24-12-25(4)21(17)28/h7-10,12,16H,5-6,11H2,1-4H3,(H,23,27)/t16-/m1/s1. The van der Waals surface area contributed by atoms with Crippen LogP contribution in [0.1, 0.15) is 40.7 Å². The second-order valence-corrected chi connectivity index (χ2v) is 8.27. The Morgan fingerprint density at radius 2 is 2.00 bits per heavy atom. The zero-order valence-electron chi connectivity index (χ0n) is 17.0. The van der Waals surface area contributed by atoms with Crippen LogP contribution in [0.2, 0.25) is 5.02 Å². The molecule has 0 radical (unpaired) electrons. The number of carbonyl (C=O) groups excluding carboxylic acids is 1. The summed E-state index contributed by atoms with van der Waals surface area (Å²) in [5.41, 5.74) is 1.52. The third-order valence-electron chi connectivity index (χ3n) is 5.19. The topological polar surface area (TPSA) is 67.2 Å². The molecule has 1 amide bonds. The van der Waals surface area contributed by atoms with Crippen LogP contribution >= 0.6 is 22.9 Å². The molecule has 2 aromatic heterocycles. The van der Waals surface area contributed by atoms with Gasteiger partial charge in [0.1, 0.15) is 4.83 Å². The van der Waals surface area contributed by atoms with Gasteiger partial charge in [0.05, 0.1) is 22.6 Å². The van der Waals surface area contributed by atoms with Crippen molar-refractivity contribution in [3.8, 4) is 0 Å². The van der Waals surface area contributed by atoms with Crippen molar-refractivity contribution in [3.05, 3.63) is 62.0 Å². The number of amides is 1. The molecule has 154 valence electrons. The summed E-state index contributed by atoms with van der Waals surface area (Å²) in [5, 5.41) is 4.24. The molecule has 1 N–H and O–H groups in total. The summed E-state index contributed by atoms with van der Waals surface area (Å²) in [7, 11) is 1.66. The van der Waals surface area contributed by atoms with Crippen molar-refractivity contribution in [1.29, 1.82) is 0 Å². The fourth-order valence-electron chi connectivity index (χ4n) is 3.54. The number of aryl methyl sites for hydroxylation is 2. The minimum atomic E-state index is -0.197. The average Bonchev–Trinajstić information content (AvgIpc) is 3.05. The Kier molecular flexibility index (Phi) is 6.72. The molecule has 29 heavy (non-hydrogen) atoms. The Hall–Kier alpha value is -2.22. The highest BCUT2D eigenvalue weighted by Crippen LogP contribution is 2.29. The fraction of sp³-hybridized carbons (Fsp3) is 0.381. The number of carbonyl (C=O) groups is 1. The molecule has 0 aliphatic carbocycles. The smallest absolute Gasteiger partial charge is 0.262 e. The van der Waals surface area contributed by atoms with E-state index in [0.29, 0.717) is 32.2 Å². The first kappa shape index (κ1) is 21.5. The Morgan fingerprint density at radius 1 is 1.31 bits per heavy atom. The van der Waals surface area contributed by atoms with E-state index in [0.717, 1.165) is 18.7 Å². The number of fused-ring (bicyclic) bond motifs is 1. The third-order valence-corrected chi connectivity index (χ3v) is 6.73. The van der Waals surface area contributed by atoms with Crippen LogP contribution in [0, 0.1) is 6.92 Å². The number of aromatic nitrogens is 2. The molecule has 1 aromatic carbocycles. The van der Waals surface area contributed by atoms with Gasteiger partial charge in [-0.15, -0.1) is 11.3 Å².